The molecule has 4 rings (SSSR count). The van der Waals surface area contributed by atoms with Crippen molar-refractivity contribution in [1.82, 2.24) is 10.3 Å². The number of nitro groups is 1. The third kappa shape index (κ3) is 2.50. The lowest BCUT2D eigenvalue weighted by Gasteiger charge is -2.42. The molecule has 0 fully saturated rings. The van der Waals surface area contributed by atoms with Crippen LogP contribution in [0.4, 0.5) is 11.6 Å². The molecule has 2 aliphatic rings. The van der Waals surface area contributed by atoms with Crippen LogP contribution in [0.1, 0.15) is 23.5 Å². The Labute approximate surface area is 146 Å². The molecule has 0 radical (unpaired) electrons. The molecule has 9 nitrogen and oxygen atoms in total. The molecule has 2 aliphatic heterocycles. The molecular formula is C15H13N5O4S. The van der Waals surface area contributed by atoms with Crippen molar-refractivity contribution in [3.8, 4) is 0 Å². The number of carbonyl (C=O) groups excluding carboxylic acids is 1. The first kappa shape index (κ1) is 15.5. The summed E-state index contributed by atoms with van der Waals surface area (Å²) in [6.07, 6.45) is 1.17. The van der Waals surface area contributed by atoms with Gasteiger partial charge in [0.1, 0.15) is 4.92 Å². The standard InChI is InChI=1S/C15H13N5O4S/c1-25-15-17-14(21)12-8-4-2-3-5-9(8)16-13(19(12)18-15)10-6-7-11(24-10)20(22)23/h2-7,12-13,16H,1H3,(H,17,18,21)/t12-,13-/m0/s1. The fourth-order valence-corrected chi connectivity index (χ4v) is 3.31. The summed E-state index contributed by atoms with van der Waals surface area (Å²) in [7, 11) is 0. The number of carbonyl (C=O) groups is 1. The van der Waals surface area contributed by atoms with Crippen molar-refractivity contribution in [1.29, 1.82) is 0 Å². The number of hydrazone groups is 1. The van der Waals surface area contributed by atoms with E-state index in [1.165, 1.54) is 23.9 Å². The average Bonchev–Trinajstić information content (AvgIpc) is 3.10. The molecule has 2 aromatic rings. The number of nitrogens with zero attached hydrogens (tertiary/aromatic N) is 3. The molecule has 1 aromatic carbocycles. The number of para-hydroxylation sites is 1. The Bertz CT molecular complexity index is 896. The van der Waals surface area contributed by atoms with E-state index >= 15 is 0 Å². The van der Waals surface area contributed by atoms with E-state index in [0.29, 0.717) is 10.9 Å². The van der Waals surface area contributed by atoms with Crippen LogP contribution in [0.25, 0.3) is 0 Å². The molecule has 2 atom stereocenters. The second-order valence-corrected chi connectivity index (χ2v) is 6.24. The number of amidine groups is 1. The molecule has 0 saturated carbocycles. The first-order valence-corrected chi connectivity index (χ1v) is 8.62. The molecule has 0 saturated heterocycles. The summed E-state index contributed by atoms with van der Waals surface area (Å²) in [5.41, 5.74) is 1.53. The van der Waals surface area contributed by atoms with Gasteiger partial charge in [0.2, 0.25) is 0 Å². The molecule has 1 amide bonds. The molecular weight excluding hydrogens is 346 g/mol. The number of hydrogen-bond donors (Lipinski definition) is 2. The highest BCUT2D eigenvalue weighted by Gasteiger charge is 2.43. The van der Waals surface area contributed by atoms with Gasteiger partial charge in [0.15, 0.2) is 23.1 Å². The summed E-state index contributed by atoms with van der Waals surface area (Å²) in [6.45, 7) is 0. The average molecular weight is 359 g/mol. The Morgan fingerprint density at radius 1 is 1.32 bits per heavy atom. The van der Waals surface area contributed by atoms with Gasteiger partial charge in [0.05, 0.1) is 6.07 Å². The second-order valence-electron chi connectivity index (χ2n) is 5.45. The number of furan rings is 1. The molecule has 3 heterocycles. The Kier molecular flexibility index (Phi) is 3.61. The molecule has 0 bridgehead atoms. The first-order valence-electron chi connectivity index (χ1n) is 7.40. The quantitative estimate of drug-likeness (QED) is 0.625. The topological polar surface area (TPSA) is 113 Å². The maximum absolute atomic E-state index is 12.6. The van der Waals surface area contributed by atoms with E-state index in [9.17, 15) is 14.9 Å². The van der Waals surface area contributed by atoms with Crippen molar-refractivity contribution in [2.45, 2.75) is 12.2 Å². The van der Waals surface area contributed by atoms with Crippen LogP contribution in [-0.2, 0) is 4.79 Å². The van der Waals surface area contributed by atoms with Crippen molar-refractivity contribution < 1.29 is 14.1 Å². The number of hydrogen-bond acceptors (Lipinski definition) is 8. The third-order valence-electron chi connectivity index (χ3n) is 4.02. The van der Waals surface area contributed by atoms with Gasteiger partial charge >= 0.3 is 5.88 Å². The van der Waals surface area contributed by atoms with Crippen LogP contribution >= 0.6 is 11.8 Å². The molecule has 0 unspecified atom stereocenters. The zero-order valence-corrected chi connectivity index (χ0v) is 13.8. The lowest BCUT2D eigenvalue weighted by molar-refractivity contribution is -0.402. The smallest absolute Gasteiger partial charge is 0.401 e. The van der Waals surface area contributed by atoms with Gasteiger partial charge in [-0.3, -0.25) is 14.9 Å². The number of thioether (sulfide) groups is 1. The highest BCUT2D eigenvalue weighted by Crippen LogP contribution is 2.43. The van der Waals surface area contributed by atoms with Crippen LogP contribution in [0.3, 0.4) is 0 Å². The maximum Gasteiger partial charge on any atom is 0.433 e. The number of nitrogens with one attached hydrogen (secondary N) is 2. The van der Waals surface area contributed by atoms with Crippen LogP contribution in [-0.4, -0.2) is 27.3 Å². The zero-order chi connectivity index (χ0) is 17.6. The van der Waals surface area contributed by atoms with Crippen molar-refractivity contribution in [2.75, 3.05) is 11.6 Å². The molecule has 10 heteroatoms. The molecule has 25 heavy (non-hydrogen) atoms. The predicted octanol–water partition coefficient (Wildman–Crippen LogP) is 2.42. The lowest BCUT2D eigenvalue weighted by Crippen LogP contribution is -2.50. The normalized spacial score (nSPS) is 21.6. The second kappa shape index (κ2) is 5.81. The van der Waals surface area contributed by atoms with Crippen LogP contribution in [0.5, 0.6) is 0 Å². The van der Waals surface area contributed by atoms with E-state index in [-0.39, 0.29) is 11.8 Å². The zero-order valence-electron chi connectivity index (χ0n) is 13.0. The first-order chi connectivity index (χ1) is 12.1. The van der Waals surface area contributed by atoms with Crippen LogP contribution in [0.15, 0.2) is 45.9 Å². The van der Waals surface area contributed by atoms with Gasteiger partial charge in [0, 0.05) is 11.3 Å². The van der Waals surface area contributed by atoms with Crippen molar-refractivity contribution >= 4 is 34.4 Å². The summed E-state index contributed by atoms with van der Waals surface area (Å²) >= 11 is 1.30. The monoisotopic (exact) mass is 359 g/mol. The predicted molar refractivity (Wildman–Crippen MR) is 91.8 cm³/mol. The molecule has 0 spiro atoms. The van der Waals surface area contributed by atoms with Crippen LogP contribution < -0.4 is 10.6 Å². The Morgan fingerprint density at radius 2 is 2.12 bits per heavy atom. The largest absolute Gasteiger partial charge is 0.433 e. The molecule has 128 valence electrons. The van der Waals surface area contributed by atoms with E-state index in [2.05, 4.69) is 15.7 Å². The SMILES string of the molecule is CSC1=NN2[C@@H](c3ccc([N+](=O)[O-])o3)Nc3ccccc3[C@H]2C(=O)N1. The third-order valence-corrected chi connectivity index (χ3v) is 4.59. The van der Waals surface area contributed by atoms with Crippen molar-refractivity contribution in [3.63, 3.8) is 0 Å². The highest BCUT2D eigenvalue weighted by molar-refractivity contribution is 8.13. The van der Waals surface area contributed by atoms with Gasteiger partial charge in [-0.05, 0) is 18.4 Å². The van der Waals surface area contributed by atoms with Gasteiger partial charge in [-0.1, -0.05) is 30.0 Å². The summed E-state index contributed by atoms with van der Waals surface area (Å²) in [4.78, 5) is 22.9. The number of fused-ring (bicyclic) bond motifs is 3. The van der Waals surface area contributed by atoms with Gasteiger partial charge in [-0.25, -0.2) is 5.01 Å². The maximum atomic E-state index is 12.6. The number of anilines is 1. The Morgan fingerprint density at radius 3 is 2.84 bits per heavy atom. The highest BCUT2D eigenvalue weighted by atomic mass is 32.2. The lowest BCUT2D eigenvalue weighted by atomic mass is 9.99. The van der Waals surface area contributed by atoms with Crippen LogP contribution in [0, 0.1) is 10.1 Å². The minimum atomic E-state index is -0.650. The van der Waals surface area contributed by atoms with Crippen LogP contribution in [0.2, 0.25) is 0 Å². The number of benzene rings is 1. The van der Waals surface area contributed by atoms with Gasteiger partial charge in [-0.15, -0.1) is 5.10 Å². The van der Waals surface area contributed by atoms with Gasteiger partial charge in [-0.2, -0.15) is 0 Å². The molecule has 0 aliphatic carbocycles. The van der Waals surface area contributed by atoms with E-state index in [1.54, 1.807) is 11.3 Å². The molecule has 2 N–H and O–H groups in total. The van der Waals surface area contributed by atoms with E-state index in [4.69, 9.17) is 4.42 Å². The Balaban J connectivity index is 1.83. The fraction of sp³-hybridized carbons (Fsp3) is 0.200. The Hall–Kier alpha value is -3.01. The summed E-state index contributed by atoms with van der Waals surface area (Å²) in [5, 5.41) is 23.4. The minimum Gasteiger partial charge on any atom is -0.401 e. The van der Waals surface area contributed by atoms with E-state index < -0.39 is 17.1 Å². The van der Waals surface area contributed by atoms with Gasteiger partial charge < -0.3 is 15.1 Å². The number of amides is 1. The summed E-state index contributed by atoms with van der Waals surface area (Å²) < 4.78 is 5.34. The fourth-order valence-electron chi connectivity index (χ4n) is 2.93. The summed E-state index contributed by atoms with van der Waals surface area (Å²) in [5.74, 6) is -0.257. The van der Waals surface area contributed by atoms with E-state index in [1.807, 2.05) is 24.3 Å². The van der Waals surface area contributed by atoms with Crippen molar-refractivity contribution in [3.05, 3.63) is 57.8 Å². The number of rotatable bonds is 2. The molecule has 1 aromatic heterocycles. The van der Waals surface area contributed by atoms with Gasteiger partial charge in [0.25, 0.3) is 5.91 Å². The summed E-state index contributed by atoms with van der Waals surface area (Å²) in [6, 6.07) is 9.54. The van der Waals surface area contributed by atoms with E-state index in [0.717, 1.165) is 11.3 Å². The van der Waals surface area contributed by atoms with Crippen molar-refractivity contribution in [2.24, 2.45) is 5.10 Å². The minimum absolute atomic E-state index is 0.209.